The summed E-state index contributed by atoms with van der Waals surface area (Å²) in [7, 11) is -3.01. The van der Waals surface area contributed by atoms with Gasteiger partial charge in [0.05, 0.1) is 11.0 Å². The number of hydrogen-bond donors (Lipinski definition) is 0. The first-order chi connectivity index (χ1) is 5.97. The minimum absolute atomic E-state index is 0.142. The highest BCUT2D eigenvalue weighted by Gasteiger charge is 2.40. The number of hydrogen-bond acceptors (Lipinski definition) is 4. The van der Waals surface area contributed by atoms with E-state index in [9.17, 15) is 13.2 Å². The standard InChI is InChI=1S/C8H14O4S/c1-3-8-7(12-6(2)9)4-5-13(8,10)11/h7-8H,3-5H2,1-2H3/t7-,8-/m1/s1. The monoisotopic (exact) mass is 206 g/mol. The van der Waals surface area contributed by atoms with E-state index < -0.39 is 27.2 Å². The lowest BCUT2D eigenvalue weighted by Gasteiger charge is -2.16. The Morgan fingerprint density at radius 2 is 2.15 bits per heavy atom. The summed E-state index contributed by atoms with van der Waals surface area (Å²) in [6.45, 7) is 3.10. The summed E-state index contributed by atoms with van der Waals surface area (Å²) in [6, 6.07) is 0. The quantitative estimate of drug-likeness (QED) is 0.618. The maximum Gasteiger partial charge on any atom is 0.302 e. The van der Waals surface area contributed by atoms with E-state index in [1.165, 1.54) is 6.92 Å². The molecule has 5 heteroatoms. The van der Waals surface area contributed by atoms with Crippen molar-refractivity contribution in [1.82, 2.24) is 0 Å². The van der Waals surface area contributed by atoms with Gasteiger partial charge in [0.1, 0.15) is 6.10 Å². The smallest absolute Gasteiger partial charge is 0.302 e. The Kier molecular flexibility index (Phi) is 2.95. The van der Waals surface area contributed by atoms with E-state index in [-0.39, 0.29) is 5.75 Å². The molecule has 1 fully saturated rings. The highest BCUT2D eigenvalue weighted by atomic mass is 32.2. The molecule has 0 unspecified atom stereocenters. The highest BCUT2D eigenvalue weighted by molar-refractivity contribution is 7.92. The minimum Gasteiger partial charge on any atom is -0.461 e. The van der Waals surface area contributed by atoms with Crippen molar-refractivity contribution >= 4 is 15.8 Å². The minimum atomic E-state index is -3.01. The zero-order valence-corrected chi connectivity index (χ0v) is 8.63. The molecule has 13 heavy (non-hydrogen) atoms. The molecule has 1 aliphatic rings. The number of sulfone groups is 1. The van der Waals surface area contributed by atoms with Crippen LogP contribution >= 0.6 is 0 Å². The van der Waals surface area contributed by atoms with Crippen LogP contribution in [0.3, 0.4) is 0 Å². The van der Waals surface area contributed by atoms with Crippen molar-refractivity contribution in [1.29, 1.82) is 0 Å². The van der Waals surface area contributed by atoms with Gasteiger partial charge in [-0.2, -0.15) is 0 Å². The van der Waals surface area contributed by atoms with Crippen LogP contribution in [-0.4, -0.2) is 31.5 Å². The Labute approximate surface area is 78.2 Å². The molecule has 0 spiro atoms. The van der Waals surface area contributed by atoms with Crippen molar-refractivity contribution in [2.75, 3.05) is 5.75 Å². The van der Waals surface area contributed by atoms with Crippen molar-refractivity contribution in [3.8, 4) is 0 Å². The summed E-state index contributed by atoms with van der Waals surface area (Å²) in [5, 5.41) is -0.489. The van der Waals surface area contributed by atoms with Crippen LogP contribution in [0.25, 0.3) is 0 Å². The third-order valence-electron chi connectivity index (χ3n) is 2.28. The van der Waals surface area contributed by atoms with Gasteiger partial charge >= 0.3 is 5.97 Å². The van der Waals surface area contributed by atoms with Crippen LogP contribution in [0, 0.1) is 0 Å². The van der Waals surface area contributed by atoms with E-state index in [4.69, 9.17) is 4.74 Å². The first-order valence-corrected chi connectivity index (χ1v) is 6.07. The molecule has 0 aliphatic carbocycles. The number of carbonyl (C=O) groups is 1. The van der Waals surface area contributed by atoms with Crippen molar-refractivity contribution in [2.45, 2.75) is 38.0 Å². The Balaban J connectivity index is 2.74. The molecule has 2 atom stereocenters. The fourth-order valence-corrected chi connectivity index (χ4v) is 3.74. The molecule has 0 amide bonds. The molecular weight excluding hydrogens is 192 g/mol. The SMILES string of the molecule is CC[C@@H]1[C@H](OC(C)=O)CCS1(=O)=O. The van der Waals surface area contributed by atoms with Crippen molar-refractivity contribution in [3.63, 3.8) is 0 Å². The lowest BCUT2D eigenvalue weighted by molar-refractivity contribution is -0.146. The molecule has 1 aliphatic heterocycles. The van der Waals surface area contributed by atoms with Gasteiger partial charge in [-0.25, -0.2) is 8.42 Å². The summed E-state index contributed by atoms with van der Waals surface area (Å²) >= 11 is 0. The molecule has 0 bridgehead atoms. The summed E-state index contributed by atoms with van der Waals surface area (Å²) in [5.41, 5.74) is 0. The molecular formula is C8H14O4S. The predicted molar refractivity (Wildman–Crippen MR) is 48.0 cm³/mol. The fraction of sp³-hybridized carbons (Fsp3) is 0.875. The lowest BCUT2D eigenvalue weighted by Crippen LogP contribution is -2.29. The Hall–Kier alpha value is -0.580. The van der Waals surface area contributed by atoms with Gasteiger partial charge in [-0.05, 0) is 12.8 Å². The van der Waals surface area contributed by atoms with Crippen molar-refractivity contribution in [2.24, 2.45) is 0 Å². The second-order valence-electron chi connectivity index (χ2n) is 3.25. The summed E-state index contributed by atoms with van der Waals surface area (Å²) in [5.74, 6) is -0.260. The van der Waals surface area contributed by atoms with Crippen LogP contribution in [0.5, 0.6) is 0 Å². The average molecular weight is 206 g/mol. The van der Waals surface area contributed by atoms with Gasteiger partial charge in [-0.3, -0.25) is 4.79 Å². The van der Waals surface area contributed by atoms with Gasteiger partial charge in [0.2, 0.25) is 0 Å². The van der Waals surface area contributed by atoms with Crippen LogP contribution in [-0.2, 0) is 19.4 Å². The number of ether oxygens (including phenoxy) is 1. The van der Waals surface area contributed by atoms with Crippen LogP contribution in [0.15, 0.2) is 0 Å². The van der Waals surface area contributed by atoms with E-state index in [0.29, 0.717) is 12.8 Å². The third-order valence-corrected chi connectivity index (χ3v) is 4.65. The molecule has 0 radical (unpaired) electrons. The maximum absolute atomic E-state index is 11.4. The van der Waals surface area contributed by atoms with Gasteiger partial charge in [-0.1, -0.05) is 6.92 Å². The van der Waals surface area contributed by atoms with E-state index in [1.807, 2.05) is 0 Å². The summed E-state index contributed by atoms with van der Waals surface area (Å²) < 4.78 is 27.7. The average Bonchev–Trinajstić information content (AvgIpc) is 2.25. The summed E-state index contributed by atoms with van der Waals surface area (Å²) in [4.78, 5) is 10.7. The zero-order chi connectivity index (χ0) is 10.1. The van der Waals surface area contributed by atoms with Crippen LogP contribution in [0.4, 0.5) is 0 Å². The van der Waals surface area contributed by atoms with Crippen LogP contribution < -0.4 is 0 Å². The largest absolute Gasteiger partial charge is 0.461 e. The topological polar surface area (TPSA) is 60.4 Å². The molecule has 0 saturated carbocycles. The summed E-state index contributed by atoms with van der Waals surface area (Å²) in [6.07, 6.45) is 0.535. The van der Waals surface area contributed by atoms with E-state index in [1.54, 1.807) is 6.92 Å². The van der Waals surface area contributed by atoms with Crippen molar-refractivity contribution in [3.05, 3.63) is 0 Å². The van der Waals surface area contributed by atoms with E-state index >= 15 is 0 Å². The molecule has 4 nitrogen and oxygen atoms in total. The first kappa shape index (κ1) is 10.5. The van der Waals surface area contributed by atoms with Crippen LogP contribution in [0.2, 0.25) is 0 Å². The predicted octanol–water partition coefficient (Wildman–Crippen LogP) is 0.515. The third kappa shape index (κ3) is 2.21. The highest BCUT2D eigenvalue weighted by Crippen LogP contribution is 2.25. The zero-order valence-electron chi connectivity index (χ0n) is 7.82. The molecule has 1 rings (SSSR count). The van der Waals surface area contributed by atoms with Gasteiger partial charge in [-0.15, -0.1) is 0 Å². The second-order valence-corrected chi connectivity index (χ2v) is 5.59. The molecule has 0 aromatic rings. The Morgan fingerprint density at radius 1 is 1.54 bits per heavy atom. The second kappa shape index (κ2) is 3.65. The Morgan fingerprint density at radius 3 is 2.62 bits per heavy atom. The normalized spacial score (nSPS) is 31.5. The molecule has 1 heterocycles. The van der Waals surface area contributed by atoms with Crippen molar-refractivity contribution < 1.29 is 17.9 Å². The fourth-order valence-electron chi connectivity index (χ4n) is 1.71. The molecule has 0 aromatic carbocycles. The molecule has 0 N–H and O–H groups in total. The lowest BCUT2D eigenvalue weighted by atomic mass is 10.1. The molecule has 1 saturated heterocycles. The van der Waals surface area contributed by atoms with E-state index in [2.05, 4.69) is 0 Å². The van der Waals surface area contributed by atoms with Gasteiger partial charge < -0.3 is 4.74 Å². The van der Waals surface area contributed by atoms with Gasteiger partial charge in [0.25, 0.3) is 0 Å². The molecule has 76 valence electrons. The van der Waals surface area contributed by atoms with Gasteiger partial charge in [0, 0.05) is 6.92 Å². The van der Waals surface area contributed by atoms with E-state index in [0.717, 1.165) is 0 Å². The Bertz CT molecular complexity index is 293. The van der Waals surface area contributed by atoms with Gasteiger partial charge in [0.15, 0.2) is 9.84 Å². The first-order valence-electron chi connectivity index (χ1n) is 4.36. The number of carbonyl (C=O) groups excluding carboxylic acids is 1. The van der Waals surface area contributed by atoms with Crippen LogP contribution in [0.1, 0.15) is 26.7 Å². The number of esters is 1. The maximum atomic E-state index is 11.4. The molecule has 0 aromatic heterocycles. The number of rotatable bonds is 2.